The molecule has 0 aliphatic heterocycles. The molecule has 0 aliphatic carbocycles. The second-order valence-electron chi connectivity index (χ2n) is 4.22. The minimum atomic E-state index is -0.00509. The fourth-order valence-corrected chi connectivity index (χ4v) is 2.71. The van der Waals surface area contributed by atoms with E-state index in [1.54, 1.807) is 6.20 Å². The highest BCUT2D eigenvalue weighted by atomic mass is 32.2. The number of hydrogen-bond donors (Lipinski definition) is 0. The molecular weight excluding hydrogens is 260 g/mol. The molecule has 0 saturated heterocycles. The third-order valence-corrected chi connectivity index (χ3v) is 3.63. The molecule has 0 aromatic carbocycles. The normalized spacial score (nSPS) is 12.2. The van der Waals surface area contributed by atoms with Crippen LogP contribution in [0.2, 0.25) is 0 Å². The summed E-state index contributed by atoms with van der Waals surface area (Å²) in [6.07, 6.45) is 1.69. The van der Waals surface area contributed by atoms with Crippen LogP contribution >= 0.6 is 11.8 Å². The van der Waals surface area contributed by atoms with Crippen molar-refractivity contribution in [3.63, 3.8) is 0 Å². The number of rotatable bonds is 3. The van der Waals surface area contributed by atoms with Crippen LogP contribution in [0.4, 0.5) is 0 Å². The van der Waals surface area contributed by atoms with Gasteiger partial charge in [-0.3, -0.25) is 0 Å². The molecule has 0 saturated carbocycles. The quantitative estimate of drug-likeness (QED) is 0.632. The zero-order valence-corrected chi connectivity index (χ0v) is 12.1. The van der Waals surface area contributed by atoms with E-state index in [0.717, 1.165) is 5.76 Å². The smallest absolute Gasteiger partial charge is 0.207 e. The highest BCUT2D eigenvalue weighted by Gasteiger charge is 2.18. The predicted octanol–water partition coefficient (Wildman–Crippen LogP) is 3.11. The van der Waals surface area contributed by atoms with Gasteiger partial charge in [-0.05, 0) is 27.7 Å². The van der Waals surface area contributed by atoms with Gasteiger partial charge < -0.3 is 4.42 Å². The van der Waals surface area contributed by atoms with Gasteiger partial charge in [0.05, 0.1) is 17.1 Å². The summed E-state index contributed by atoms with van der Waals surface area (Å²) in [7, 11) is 0. The molecule has 0 amide bonds. The second-order valence-corrected chi connectivity index (χ2v) is 5.55. The van der Waals surface area contributed by atoms with E-state index in [4.69, 9.17) is 4.42 Å². The molecule has 0 N–H and O–H groups in total. The van der Waals surface area contributed by atoms with Gasteiger partial charge in [0, 0.05) is 0 Å². The van der Waals surface area contributed by atoms with Crippen molar-refractivity contribution >= 4 is 11.8 Å². The second kappa shape index (κ2) is 5.41. The summed E-state index contributed by atoms with van der Waals surface area (Å²) in [6, 6.07) is 2.16. The first kappa shape index (κ1) is 13.6. The van der Waals surface area contributed by atoms with Crippen molar-refractivity contribution in [1.82, 2.24) is 15.0 Å². The fourth-order valence-electron chi connectivity index (χ4n) is 1.67. The molecule has 2 aromatic heterocycles. The van der Waals surface area contributed by atoms with Crippen molar-refractivity contribution in [2.75, 3.05) is 0 Å². The van der Waals surface area contributed by atoms with E-state index < -0.39 is 0 Å². The molecule has 0 unspecified atom stereocenters. The molecule has 0 aliphatic rings. The van der Waals surface area contributed by atoms with Gasteiger partial charge in [-0.1, -0.05) is 11.8 Å². The largest absolute Gasteiger partial charge is 0.445 e. The molecule has 5 nitrogen and oxygen atoms in total. The van der Waals surface area contributed by atoms with Gasteiger partial charge in [0.25, 0.3) is 0 Å². The maximum Gasteiger partial charge on any atom is 0.207 e. The van der Waals surface area contributed by atoms with Gasteiger partial charge >= 0.3 is 0 Å². The molecule has 2 aromatic rings. The van der Waals surface area contributed by atoms with Crippen molar-refractivity contribution in [2.45, 2.75) is 38.0 Å². The summed E-state index contributed by atoms with van der Waals surface area (Å²) in [4.78, 5) is 12.7. The van der Waals surface area contributed by atoms with Crippen LogP contribution < -0.4 is 0 Å². The first-order valence-corrected chi connectivity index (χ1v) is 6.73. The van der Waals surface area contributed by atoms with Crippen LogP contribution in [0.5, 0.6) is 0 Å². The van der Waals surface area contributed by atoms with Crippen LogP contribution in [-0.2, 0) is 0 Å². The van der Waals surface area contributed by atoms with E-state index >= 15 is 0 Å². The Morgan fingerprint density at radius 2 is 2.05 bits per heavy atom. The number of aromatic nitrogens is 3. The Kier molecular flexibility index (Phi) is 3.86. The summed E-state index contributed by atoms with van der Waals surface area (Å²) in [5.74, 6) is 2.08. The maximum atomic E-state index is 9.20. The first-order valence-electron chi connectivity index (χ1n) is 5.85. The zero-order valence-electron chi connectivity index (χ0n) is 11.3. The van der Waals surface area contributed by atoms with Crippen LogP contribution in [0.3, 0.4) is 0 Å². The number of nitrogens with zero attached hydrogens (tertiary/aromatic N) is 4. The van der Waals surface area contributed by atoms with Gasteiger partial charge in [-0.15, -0.1) is 0 Å². The Hall–Kier alpha value is -1.87. The molecular formula is C13H14N4OS. The molecule has 2 rings (SSSR count). The number of nitriles is 1. The minimum Gasteiger partial charge on any atom is -0.445 e. The molecule has 2 heterocycles. The van der Waals surface area contributed by atoms with Crippen LogP contribution in [0.15, 0.2) is 15.6 Å². The standard InChI is InChI=1S/C13H14N4OS/c1-7-6-15-12(18-7)9(3)19-13-11(5-14)8(2)16-10(4)17-13/h6,9H,1-4H3/t9-/m0/s1. The Morgan fingerprint density at radius 3 is 2.63 bits per heavy atom. The molecule has 0 spiro atoms. The van der Waals surface area contributed by atoms with Crippen molar-refractivity contribution in [3.05, 3.63) is 34.9 Å². The maximum absolute atomic E-state index is 9.20. The number of thioether (sulfide) groups is 1. The lowest BCUT2D eigenvalue weighted by Crippen LogP contribution is -2.00. The molecule has 0 fully saturated rings. The predicted molar refractivity (Wildman–Crippen MR) is 71.7 cm³/mol. The molecule has 98 valence electrons. The van der Waals surface area contributed by atoms with E-state index in [-0.39, 0.29) is 5.25 Å². The van der Waals surface area contributed by atoms with Crippen molar-refractivity contribution < 1.29 is 4.42 Å². The molecule has 6 heteroatoms. The summed E-state index contributed by atoms with van der Waals surface area (Å²) in [6.45, 7) is 7.47. The van der Waals surface area contributed by atoms with Crippen molar-refractivity contribution in [1.29, 1.82) is 5.26 Å². The topological polar surface area (TPSA) is 75.6 Å². The highest BCUT2D eigenvalue weighted by Crippen LogP contribution is 2.35. The SMILES string of the molecule is Cc1nc(C)c(C#N)c(S[C@@H](C)c2ncc(C)o2)n1. The third-order valence-electron chi connectivity index (χ3n) is 2.56. The lowest BCUT2D eigenvalue weighted by Gasteiger charge is -2.09. The molecule has 19 heavy (non-hydrogen) atoms. The Balaban J connectivity index is 2.31. The molecule has 0 radical (unpaired) electrons. The fraction of sp³-hybridized carbons (Fsp3) is 0.385. The van der Waals surface area contributed by atoms with E-state index in [2.05, 4.69) is 21.0 Å². The molecule has 0 bridgehead atoms. The van der Waals surface area contributed by atoms with Crippen LogP contribution in [0.25, 0.3) is 0 Å². The van der Waals surface area contributed by atoms with Gasteiger partial charge in [0.1, 0.15) is 28.2 Å². The zero-order chi connectivity index (χ0) is 14.0. The summed E-state index contributed by atoms with van der Waals surface area (Å²) in [5.41, 5.74) is 1.22. The highest BCUT2D eigenvalue weighted by molar-refractivity contribution is 7.99. The van der Waals surface area contributed by atoms with E-state index in [1.807, 2.05) is 27.7 Å². The first-order chi connectivity index (χ1) is 9.01. The van der Waals surface area contributed by atoms with E-state index in [0.29, 0.717) is 28.0 Å². The Bertz CT molecular complexity index is 645. The monoisotopic (exact) mass is 274 g/mol. The van der Waals surface area contributed by atoms with Crippen LogP contribution in [0, 0.1) is 32.1 Å². The van der Waals surface area contributed by atoms with Crippen molar-refractivity contribution in [3.8, 4) is 6.07 Å². The van der Waals surface area contributed by atoms with E-state index in [9.17, 15) is 5.26 Å². The summed E-state index contributed by atoms with van der Waals surface area (Å²) < 4.78 is 5.49. The average molecular weight is 274 g/mol. The number of aryl methyl sites for hydroxylation is 3. The van der Waals surface area contributed by atoms with Crippen molar-refractivity contribution in [2.24, 2.45) is 0 Å². The van der Waals surface area contributed by atoms with Gasteiger partial charge in [0.2, 0.25) is 5.89 Å². The number of hydrogen-bond acceptors (Lipinski definition) is 6. The van der Waals surface area contributed by atoms with Gasteiger partial charge in [-0.2, -0.15) is 5.26 Å². The summed E-state index contributed by atoms with van der Waals surface area (Å²) >= 11 is 1.46. The van der Waals surface area contributed by atoms with Gasteiger partial charge in [-0.25, -0.2) is 15.0 Å². The van der Waals surface area contributed by atoms with Gasteiger partial charge in [0.15, 0.2) is 0 Å². The van der Waals surface area contributed by atoms with Crippen LogP contribution in [-0.4, -0.2) is 15.0 Å². The average Bonchev–Trinajstić information content (AvgIpc) is 2.75. The van der Waals surface area contributed by atoms with E-state index in [1.165, 1.54) is 11.8 Å². The minimum absolute atomic E-state index is 0.00509. The third kappa shape index (κ3) is 2.93. The Morgan fingerprint density at radius 1 is 1.32 bits per heavy atom. The molecule has 1 atom stereocenters. The Labute approximate surface area is 116 Å². The lowest BCUT2D eigenvalue weighted by atomic mass is 10.3. The van der Waals surface area contributed by atoms with Crippen LogP contribution in [0.1, 0.15) is 40.9 Å². The summed E-state index contributed by atoms with van der Waals surface area (Å²) in [5, 5.41) is 9.87. The number of oxazole rings is 1. The lowest BCUT2D eigenvalue weighted by molar-refractivity contribution is 0.474.